The molecule has 4 fully saturated rings. The van der Waals surface area contributed by atoms with Gasteiger partial charge in [-0.2, -0.15) is 0 Å². The van der Waals surface area contributed by atoms with Crippen LogP contribution in [0.25, 0.3) is 0 Å². The van der Waals surface area contributed by atoms with Crippen LogP contribution in [0.1, 0.15) is 0 Å². The molecule has 2 aliphatic heterocycles. The van der Waals surface area contributed by atoms with Crippen molar-refractivity contribution in [1.29, 1.82) is 0 Å². The van der Waals surface area contributed by atoms with Gasteiger partial charge in [-0.1, -0.05) is 0 Å². The molecule has 0 aromatic carbocycles. The Morgan fingerprint density at radius 2 is 2.14 bits per heavy atom. The first kappa shape index (κ1) is 2.70. The van der Waals surface area contributed by atoms with Crippen LogP contribution in [0.15, 0.2) is 0 Å². The number of esters is 1. The minimum absolute atomic E-state index is 0.0694. The summed E-state index contributed by atoms with van der Waals surface area (Å²) in [4.78, 5) is 10.4. The third kappa shape index (κ3) is 0.120. The zero-order valence-corrected chi connectivity index (χ0v) is 3.63. The lowest BCUT2D eigenvalue weighted by molar-refractivity contribution is -0.138. The number of carbonyl (C=O) groups excluding carboxylic acids is 1. The zero-order valence-electron chi connectivity index (χ0n) is 3.63. The minimum Gasteiger partial charge on any atom is -0.461 e. The van der Waals surface area contributed by atoms with Gasteiger partial charge in [0.1, 0.15) is 6.10 Å². The molecule has 36 valence electrons. The van der Waals surface area contributed by atoms with Gasteiger partial charge in [0, 0.05) is 11.8 Å². The molecule has 2 saturated heterocycles. The van der Waals surface area contributed by atoms with E-state index in [1.54, 1.807) is 0 Å². The quantitative estimate of drug-likeness (QED) is 0.390. The molecule has 2 saturated carbocycles. The Hall–Kier alpha value is -0.530. The van der Waals surface area contributed by atoms with Crippen molar-refractivity contribution in [2.24, 2.45) is 17.8 Å². The maximum Gasteiger partial charge on any atom is 0.310 e. The lowest BCUT2D eigenvalue weighted by atomic mass is 10.2. The van der Waals surface area contributed by atoms with E-state index in [-0.39, 0.29) is 5.97 Å². The highest BCUT2D eigenvalue weighted by Gasteiger charge is 2.85. The molecule has 0 spiro atoms. The van der Waals surface area contributed by atoms with Crippen molar-refractivity contribution in [3.05, 3.63) is 0 Å². The molecule has 4 aliphatic rings. The molecule has 0 aromatic heterocycles. The summed E-state index contributed by atoms with van der Waals surface area (Å²) in [6, 6.07) is 0. The largest absolute Gasteiger partial charge is 0.461 e. The fourth-order valence-electron chi connectivity index (χ4n) is 1.63. The normalized spacial score (nSPS) is 69.4. The molecule has 0 aromatic rings. The molecule has 0 amide bonds. The molecular weight excluding hydrogens is 92.1 g/mol. The molecule has 7 heavy (non-hydrogen) atoms. The lowest BCUT2D eigenvalue weighted by Crippen LogP contribution is -1.92. The van der Waals surface area contributed by atoms with Crippen molar-refractivity contribution in [3.63, 3.8) is 0 Å². The van der Waals surface area contributed by atoms with E-state index in [0.717, 1.165) is 0 Å². The second-order valence-electron chi connectivity index (χ2n) is 2.58. The Balaban J connectivity index is 2.20. The Kier molecular flexibility index (Phi) is 0.176. The van der Waals surface area contributed by atoms with E-state index in [2.05, 4.69) is 0 Å². The topological polar surface area (TPSA) is 26.3 Å². The Morgan fingerprint density at radius 3 is 2.29 bits per heavy atom. The summed E-state index contributed by atoms with van der Waals surface area (Å²) >= 11 is 0. The summed E-state index contributed by atoms with van der Waals surface area (Å²) in [6.07, 6.45) is 0.400. The Labute approximate surface area is 40.5 Å². The third-order valence-corrected chi connectivity index (χ3v) is 2.28. The van der Waals surface area contributed by atoms with Gasteiger partial charge in [0.05, 0.1) is 5.92 Å². The van der Waals surface area contributed by atoms with Crippen LogP contribution in [0.3, 0.4) is 0 Å². The summed E-state index contributed by atoms with van der Waals surface area (Å²) < 4.78 is 4.83. The lowest BCUT2D eigenvalue weighted by Gasteiger charge is -1.82. The summed E-state index contributed by atoms with van der Waals surface area (Å²) in [7, 11) is 0. The standard InChI is InChI=1S/C5H4O2/c6-5-3-1-2(3)4(1)7-5/h1-4H. The predicted molar refractivity (Wildman–Crippen MR) is 20.3 cm³/mol. The monoisotopic (exact) mass is 96.0 g/mol. The van der Waals surface area contributed by atoms with E-state index in [1.165, 1.54) is 0 Å². The van der Waals surface area contributed by atoms with E-state index >= 15 is 0 Å². The van der Waals surface area contributed by atoms with Gasteiger partial charge in [-0.25, -0.2) is 0 Å². The number of carbonyl (C=O) groups is 1. The highest BCUT2D eigenvalue weighted by molar-refractivity contribution is 5.85. The van der Waals surface area contributed by atoms with Crippen LogP contribution < -0.4 is 0 Å². The van der Waals surface area contributed by atoms with Gasteiger partial charge in [-0.05, 0) is 0 Å². The molecule has 0 N–H and O–H groups in total. The van der Waals surface area contributed by atoms with Crippen molar-refractivity contribution < 1.29 is 9.53 Å². The number of ether oxygens (including phenoxy) is 1. The summed E-state index contributed by atoms with van der Waals surface area (Å²) in [5, 5.41) is 0. The Bertz CT molecular complexity index is 147. The first-order valence-electron chi connectivity index (χ1n) is 2.60. The molecule has 2 bridgehead atoms. The maximum absolute atomic E-state index is 10.4. The van der Waals surface area contributed by atoms with Crippen molar-refractivity contribution in [2.75, 3.05) is 0 Å². The molecule has 2 atom stereocenters. The molecule has 4 rings (SSSR count). The van der Waals surface area contributed by atoms with Gasteiger partial charge in [0.15, 0.2) is 0 Å². The average Bonchev–Trinajstić information content (AvgIpc) is 2.41. The summed E-state index contributed by atoms with van der Waals surface area (Å²) in [5.41, 5.74) is 0. The van der Waals surface area contributed by atoms with E-state index in [0.29, 0.717) is 23.9 Å². The number of hydrogen-bond donors (Lipinski definition) is 0. The molecule has 2 heterocycles. The average molecular weight is 96.1 g/mol. The third-order valence-electron chi connectivity index (χ3n) is 2.28. The van der Waals surface area contributed by atoms with E-state index < -0.39 is 0 Å². The first-order chi connectivity index (χ1) is 3.39. The molecule has 2 aliphatic carbocycles. The van der Waals surface area contributed by atoms with Gasteiger partial charge in [0.25, 0.3) is 0 Å². The summed E-state index contributed by atoms with van der Waals surface area (Å²) in [6.45, 7) is 0. The van der Waals surface area contributed by atoms with Gasteiger partial charge in [-0.15, -0.1) is 0 Å². The van der Waals surface area contributed by atoms with Crippen LogP contribution in [0, 0.1) is 17.8 Å². The van der Waals surface area contributed by atoms with Crippen molar-refractivity contribution in [3.8, 4) is 0 Å². The van der Waals surface area contributed by atoms with Gasteiger partial charge in [0.2, 0.25) is 0 Å². The van der Waals surface area contributed by atoms with Crippen molar-refractivity contribution in [2.45, 2.75) is 6.10 Å². The Morgan fingerprint density at radius 1 is 1.43 bits per heavy atom. The van der Waals surface area contributed by atoms with Crippen LogP contribution in [0.5, 0.6) is 0 Å². The fraction of sp³-hybridized carbons (Fsp3) is 0.800. The zero-order chi connectivity index (χ0) is 4.59. The second-order valence-corrected chi connectivity index (χ2v) is 2.58. The number of fused-ring (bicyclic) bond motifs is 1. The van der Waals surface area contributed by atoms with Crippen LogP contribution >= 0.6 is 0 Å². The van der Waals surface area contributed by atoms with Crippen LogP contribution in [-0.4, -0.2) is 12.1 Å². The van der Waals surface area contributed by atoms with E-state index in [4.69, 9.17) is 4.74 Å². The highest BCUT2D eigenvalue weighted by atomic mass is 16.6. The van der Waals surface area contributed by atoms with E-state index in [9.17, 15) is 4.79 Å². The molecule has 0 radical (unpaired) electrons. The number of hydrogen-bond acceptors (Lipinski definition) is 2. The van der Waals surface area contributed by atoms with E-state index in [1.807, 2.05) is 0 Å². The van der Waals surface area contributed by atoms with Crippen molar-refractivity contribution in [1.82, 2.24) is 0 Å². The molecular formula is C5H4O2. The first-order valence-corrected chi connectivity index (χ1v) is 2.60. The van der Waals surface area contributed by atoms with Crippen LogP contribution in [-0.2, 0) is 9.53 Å². The maximum atomic E-state index is 10.4. The van der Waals surface area contributed by atoms with Gasteiger partial charge in [-0.3, -0.25) is 4.79 Å². The van der Waals surface area contributed by atoms with Gasteiger partial charge < -0.3 is 4.74 Å². The molecule has 2 heteroatoms. The number of rotatable bonds is 0. The SMILES string of the molecule is O=C1OC2C3C1C23. The van der Waals surface area contributed by atoms with Gasteiger partial charge >= 0.3 is 5.97 Å². The second kappa shape index (κ2) is 0.457. The smallest absolute Gasteiger partial charge is 0.310 e. The van der Waals surface area contributed by atoms with Crippen LogP contribution in [0.4, 0.5) is 0 Å². The highest BCUT2D eigenvalue weighted by Crippen LogP contribution is 2.74. The molecule has 2 unspecified atom stereocenters. The van der Waals surface area contributed by atoms with Crippen molar-refractivity contribution >= 4 is 5.97 Å². The minimum atomic E-state index is 0.0694. The van der Waals surface area contributed by atoms with Crippen LogP contribution in [0.2, 0.25) is 0 Å². The molecule has 2 nitrogen and oxygen atoms in total. The predicted octanol–water partition coefficient (Wildman–Crippen LogP) is -0.212. The summed E-state index contributed by atoms with van der Waals surface area (Å²) in [5.74, 6) is 1.85. The fourth-order valence-corrected chi connectivity index (χ4v) is 1.63.